The smallest absolute Gasteiger partial charge is 0.259 e. The highest BCUT2D eigenvalue weighted by Crippen LogP contribution is 2.15. The van der Waals surface area contributed by atoms with Gasteiger partial charge in [0, 0.05) is 20.0 Å². The molecule has 1 aromatic heterocycles. The van der Waals surface area contributed by atoms with E-state index < -0.39 is 0 Å². The average Bonchev–Trinajstić information content (AvgIpc) is 2.73. The number of fused-ring (bicyclic) bond motifs is 1. The molecule has 2 aromatic rings. The van der Waals surface area contributed by atoms with Crippen molar-refractivity contribution in [2.75, 3.05) is 13.1 Å². The van der Waals surface area contributed by atoms with Gasteiger partial charge in [-0.3, -0.25) is 9.59 Å². The third-order valence-electron chi connectivity index (χ3n) is 4.00. The van der Waals surface area contributed by atoms with Crippen LogP contribution in [0.4, 0.5) is 0 Å². The van der Waals surface area contributed by atoms with Gasteiger partial charge in [0.2, 0.25) is 10.7 Å². The summed E-state index contributed by atoms with van der Waals surface area (Å²) in [5.41, 5.74) is 3.65. The molecule has 0 aliphatic carbocycles. The number of rotatable bonds is 3. The Hall–Kier alpha value is -2.15. The van der Waals surface area contributed by atoms with Gasteiger partial charge in [-0.1, -0.05) is 29.9 Å². The van der Waals surface area contributed by atoms with Gasteiger partial charge in [0.05, 0.1) is 10.2 Å². The fourth-order valence-electron chi connectivity index (χ4n) is 2.71. The normalized spacial score (nSPS) is 16.7. The van der Waals surface area contributed by atoms with E-state index in [1.807, 2.05) is 35.9 Å². The molecule has 3 rings (SSSR count). The minimum atomic E-state index is -0.252. The number of nitrogens with one attached hydrogen (secondary N) is 1. The quantitative estimate of drug-likeness (QED) is 0.867. The zero-order chi connectivity index (χ0) is 16.2. The first kappa shape index (κ1) is 15.7. The molecule has 0 saturated carbocycles. The first-order valence-electron chi connectivity index (χ1n) is 7.80. The van der Waals surface area contributed by atoms with Crippen LogP contribution in [0.2, 0.25) is 0 Å². The summed E-state index contributed by atoms with van der Waals surface area (Å²) in [5, 5.41) is 4.20. The molecule has 23 heavy (non-hydrogen) atoms. The largest absolute Gasteiger partial charge is 0.333 e. The lowest BCUT2D eigenvalue weighted by molar-refractivity contribution is -0.135. The maximum atomic E-state index is 12.1. The summed E-state index contributed by atoms with van der Waals surface area (Å²) in [6.45, 7) is 0.736. The maximum Gasteiger partial charge on any atom is 0.259 e. The minimum absolute atomic E-state index is 0.0602. The van der Waals surface area contributed by atoms with Gasteiger partial charge in [-0.05, 0) is 25.0 Å². The molecule has 1 saturated heterocycles. The number of thiazole rings is 1. The number of nitrogens with zero attached hydrogens (tertiary/aromatic N) is 3. The number of aromatic nitrogens is 1. The van der Waals surface area contributed by atoms with Crippen LogP contribution in [0.5, 0.6) is 0 Å². The van der Waals surface area contributed by atoms with E-state index in [2.05, 4.69) is 10.5 Å². The van der Waals surface area contributed by atoms with Crippen LogP contribution in [0.3, 0.4) is 0 Å². The van der Waals surface area contributed by atoms with Crippen LogP contribution in [-0.2, 0) is 16.6 Å². The lowest BCUT2D eigenvalue weighted by Crippen LogP contribution is -2.39. The van der Waals surface area contributed by atoms with Crippen LogP contribution < -0.4 is 10.2 Å². The summed E-state index contributed by atoms with van der Waals surface area (Å²) in [7, 11) is 1.92. The summed E-state index contributed by atoms with van der Waals surface area (Å²) < 4.78 is 3.06. The molecule has 0 bridgehead atoms. The molecule has 2 amide bonds. The van der Waals surface area contributed by atoms with Crippen molar-refractivity contribution in [3.63, 3.8) is 0 Å². The van der Waals surface area contributed by atoms with Crippen LogP contribution >= 0.6 is 11.3 Å². The van der Waals surface area contributed by atoms with E-state index in [1.54, 1.807) is 4.90 Å². The van der Waals surface area contributed by atoms with Crippen molar-refractivity contribution in [1.82, 2.24) is 14.9 Å². The highest BCUT2D eigenvalue weighted by Gasteiger charge is 2.18. The SMILES string of the molecule is Cn1/c(=N\NC(=O)CN2CCCCCC2=O)sc2ccccc21. The first-order chi connectivity index (χ1) is 11.1. The predicted octanol–water partition coefficient (Wildman–Crippen LogP) is 1.57. The lowest BCUT2D eigenvalue weighted by atomic mass is 10.2. The van der Waals surface area contributed by atoms with Gasteiger partial charge in [-0.2, -0.15) is 0 Å². The molecule has 0 spiro atoms. The number of amides is 2. The summed E-state index contributed by atoms with van der Waals surface area (Å²) in [6, 6.07) is 7.99. The van der Waals surface area contributed by atoms with Crippen molar-refractivity contribution in [2.24, 2.45) is 12.1 Å². The first-order valence-corrected chi connectivity index (χ1v) is 8.62. The number of para-hydroxylation sites is 1. The Balaban J connectivity index is 1.69. The number of hydrogen-bond acceptors (Lipinski definition) is 4. The molecule has 7 heteroatoms. The van der Waals surface area contributed by atoms with Gasteiger partial charge in [-0.25, -0.2) is 5.43 Å². The second-order valence-corrected chi connectivity index (χ2v) is 6.69. The van der Waals surface area contributed by atoms with Crippen molar-refractivity contribution in [2.45, 2.75) is 25.7 Å². The van der Waals surface area contributed by atoms with Gasteiger partial charge < -0.3 is 9.47 Å². The number of aryl methyl sites for hydroxylation is 1. The van der Waals surface area contributed by atoms with Gasteiger partial charge in [0.1, 0.15) is 6.54 Å². The fourth-order valence-corrected chi connectivity index (χ4v) is 3.69. The van der Waals surface area contributed by atoms with Crippen molar-refractivity contribution >= 4 is 33.4 Å². The number of carbonyl (C=O) groups excluding carboxylic acids is 2. The Kier molecular flexibility index (Phi) is 4.76. The summed E-state index contributed by atoms with van der Waals surface area (Å²) in [4.78, 5) is 26.3. The lowest BCUT2D eigenvalue weighted by Gasteiger charge is -2.18. The molecule has 1 aliphatic rings. The number of carbonyl (C=O) groups is 2. The van der Waals surface area contributed by atoms with Crippen molar-refractivity contribution < 1.29 is 9.59 Å². The van der Waals surface area contributed by atoms with Crippen molar-refractivity contribution in [3.05, 3.63) is 29.1 Å². The van der Waals surface area contributed by atoms with E-state index in [4.69, 9.17) is 0 Å². The fraction of sp³-hybridized carbons (Fsp3) is 0.438. The molecule has 122 valence electrons. The zero-order valence-electron chi connectivity index (χ0n) is 13.1. The summed E-state index contributed by atoms with van der Waals surface area (Å²) in [6.07, 6.45) is 3.46. The van der Waals surface area contributed by atoms with E-state index in [0.29, 0.717) is 13.0 Å². The minimum Gasteiger partial charge on any atom is -0.333 e. The second kappa shape index (κ2) is 6.95. The molecule has 1 aromatic carbocycles. The Morgan fingerprint density at radius 1 is 1.30 bits per heavy atom. The standard InChI is InChI=1S/C16H20N4O2S/c1-19-12-7-4-5-8-13(12)23-16(19)18-17-14(21)11-20-10-6-2-3-9-15(20)22/h4-5,7-8H,2-3,6,9-11H2,1H3,(H,17,21)/b18-16+. The Bertz CT molecular complexity index is 793. The van der Waals surface area contributed by atoms with Crippen LogP contribution in [0.1, 0.15) is 25.7 Å². The van der Waals surface area contributed by atoms with Gasteiger partial charge in [-0.15, -0.1) is 5.10 Å². The number of hydrogen-bond donors (Lipinski definition) is 1. The highest BCUT2D eigenvalue weighted by atomic mass is 32.1. The van der Waals surface area contributed by atoms with Gasteiger partial charge in [0.25, 0.3) is 5.91 Å². The van der Waals surface area contributed by atoms with Crippen LogP contribution in [-0.4, -0.2) is 34.4 Å². The van der Waals surface area contributed by atoms with Crippen LogP contribution in [0.25, 0.3) is 10.2 Å². The average molecular weight is 332 g/mol. The van der Waals surface area contributed by atoms with Crippen LogP contribution in [0.15, 0.2) is 29.4 Å². The van der Waals surface area contributed by atoms with E-state index in [1.165, 1.54) is 11.3 Å². The molecule has 1 fully saturated rings. The molecule has 0 radical (unpaired) electrons. The monoisotopic (exact) mass is 332 g/mol. The van der Waals surface area contributed by atoms with E-state index in [9.17, 15) is 9.59 Å². The number of benzene rings is 1. The van der Waals surface area contributed by atoms with Gasteiger partial charge >= 0.3 is 0 Å². The van der Waals surface area contributed by atoms with Crippen LogP contribution in [0, 0.1) is 0 Å². The predicted molar refractivity (Wildman–Crippen MR) is 89.5 cm³/mol. The van der Waals surface area contributed by atoms with Crippen molar-refractivity contribution in [1.29, 1.82) is 0 Å². The Labute approximate surface area is 138 Å². The molecule has 0 atom stereocenters. The summed E-state index contributed by atoms with van der Waals surface area (Å²) in [5.74, 6) is -0.192. The molecule has 0 unspecified atom stereocenters. The molecule has 1 N–H and O–H groups in total. The Morgan fingerprint density at radius 2 is 2.13 bits per heavy atom. The third kappa shape index (κ3) is 3.61. The molecular formula is C16H20N4O2S. The van der Waals surface area contributed by atoms with E-state index in [0.717, 1.165) is 34.3 Å². The highest BCUT2D eigenvalue weighted by molar-refractivity contribution is 7.16. The topological polar surface area (TPSA) is 66.7 Å². The van der Waals surface area contributed by atoms with Crippen molar-refractivity contribution in [3.8, 4) is 0 Å². The van der Waals surface area contributed by atoms with Gasteiger partial charge in [0.15, 0.2) is 0 Å². The molecule has 1 aliphatic heterocycles. The molecular weight excluding hydrogens is 312 g/mol. The van der Waals surface area contributed by atoms with E-state index >= 15 is 0 Å². The second-order valence-electron chi connectivity index (χ2n) is 5.68. The summed E-state index contributed by atoms with van der Waals surface area (Å²) >= 11 is 1.52. The Morgan fingerprint density at radius 3 is 2.96 bits per heavy atom. The molecule has 6 nitrogen and oxygen atoms in total. The zero-order valence-corrected chi connectivity index (χ0v) is 13.9. The number of likely N-dealkylation sites (tertiary alicyclic amines) is 1. The third-order valence-corrected chi connectivity index (χ3v) is 5.11. The molecule has 2 heterocycles. The maximum absolute atomic E-state index is 12.1. The van der Waals surface area contributed by atoms with E-state index in [-0.39, 0.29) is 18.4 Å².